The van der Waals surface area contributed by atoms with Crippen molar-refractivity contribution in [1.82, 2.24) is 15.5 Å². The normalized spacial score (nSPS) is 20.6. The summed E-state index contributed by atoms with van der Waals surface area (Å²) in [4.78, 5) is 26.1. The van der Waals surface area contributed by atoms with Gasteiger partial charge in [-0.3, -0.25) is 9.59 Å². The Morgan fingerprint density at radius 3 is 2.61 bits per heavy atom. The quantitative estimate of drug-likeness (QED) is 0.809. The molecular weight excluding hydrogens is 382 g/mol. The molecule has 2 amide bonds. The van der Waals surface area contributed by atoms with E-state index in [1.54, 1.807) is 12.1 Å². The predicted molar refractivity (Wildman–Crippen MR) is 97.0 cm³/mol. The maximum Gasteiger partial charge on any atom is 0.251 e. The molecule has 1 aliphatic rings. The third-order valence-corrected chi connectivity index (χ3v) is 4.61. The first-order chi connectivity index (χ1) is 10.5. The van der Waals surface area contributed by atoms with Crippen LogP contribution in [0.3, 0.4) is 0 Å². The fraction of sp³-hybridized carbons (Fsp3) is 0.500. The van der Waals surface area contributed by atoms with Gasteiger partial charge in [0.25, 0.3) is 5.91 Å². The second-order valence-electron chi connectivity index (χ2n) is 5.58. The van der Waals surface area contributed by atoms with Crippen molar-refractivity contribution in [2.45, 2.75) is 32.4 Å². The molecule has 1 fully saturated rings. The van der Waals surface area contributed by atoms with E-state index in [0.717, 1.165) is 17.6 Å². The van der Waals surface area contributed by atoms with E-state index in [9.17, 15) is 9.59 Å². The lowest BCUT2D eigenvalue weighted by Crippen LogP contribution is -2.57. The molecule has 0 aromatic heterocycles. The van der Waals surface area contributed by atoms with Crippen LogP contribution in [-0.4, -0.2) is 48.4 Å². The number of hydrogen-bond donors (Lipinski definition) is 2. The highest BCUT2D eigenvalue weighted by Crippen LogP contribution is 2.11. The Morgan fingerprint density at radius 2 is 1.96 bits per heavy atom. The monoisotopic (exact) mass is 403 g/mol. The molecule has 1 aromatic rings. The minimum Gasteiger partial charge on any atom is -0.352 e. The van der Waals surface area contributed by atoms with Gasteiger partial charge in [0.15, 0.2) is 0 Å². The first-order valence-electron chi connectivity index (χ1n) is 7.55. The van der Waals surface area contributed by atoms with E-state index in [2.05, 4.69) is 40.4 Å². The Hall–Kier alpha value is -1.11. The summed E-state index contributed by atoms with van der Waals surface area (Å²) in [7, 11) is 0. The van der Waals surface area contributed by atoms with Gasteiger partial charge in [-0.25, -0.2) is 0 Å². The first-order valence-corrected chi connectivity index (χ1v) is 8.35. The molecule has 2 unspecified atom stereocenters. The van der Waals surface area contributed by atoms with Crippen LogP contribution < -0.4 is 10.6 Å². The summed E-state index contributed by atoms with van der Waals surface area (Å²) >= 11 is 3.33. The van der Waals surface area contributed by atoms with Gasteiger partial charge < -0.3 is 15.5 Å². The summed E-state index contributed by atoms with van der Waals surface area (Å²) in [5.41, 5.74) is 0.597. The Labute approximate surface area is 151 Å². The number of halogens is 2. The molecule has 1 aromatic carbocycles. The van der Waals surface area contributed by atoms with Crippen LogP contribution >= 0.6 is 28.3 Å². The highest BCUT2D eigenvalue weighted by molar-refractivity contribution is 9.10. The minimum absolute atomic E-state index is 0. The number of hydrogen-bond acceptors (Lipinski definition) is 3. The maximum absolute atomic E-state index is 12.3. The van der Waals surface area contributed by atoms with Gasteiger partial charge in [0.2, 0.25) is 5.91 Å². The number of rotatable bonds is 4. The average Bonchev–Trinajstić information content (AvgIpc) is 2.50. The molecule has 128 valence electrons. The van der Waals surface area contributed by atoms with Gasteiger partial charge in [-0.1, -0.05) is 15.9 Å². The Morgan fingerprint density at radius 1 is 1.30 bits per heavy atom. The van der Waals surface area contributed by atoms with Crippen molar-refractivity contribution in [3.63, 3.8) is 0 Å². The topological polar surface area (TPSA) is 61.4 Å². The number of nitrogens with zero attached hydrogens (tertiary/aromatic N) is 1. The van der Waals surface area contributed by atoms with Gasteiger partial charge in [-0.05, 0) is 38.1 Å². The molecule has 2 rings (SSSR count). The van der Waals surface area contributed by atoms with E-state index in [-0.39, 0.29) is 30.3 Å². The molecule has 0 aliphatic carbocycles. The van der Waals surface area contributed by atoms with Gasteiger partial charge in [0, 0.05) is 48.2 Å². The van der Waals surface area contributed by atoms with Crippen molar-refractivity contribution in [2.24, 2.45) is 0 Å². The largest absolute Gasteiger partial charge is 0.352 e. The lowest BCUT2D eigenvalue weighted by Gasteiger charge is -2.38. The number of benzene rings is 1. The summed E-state index contributed by atoms with van der Waals surface area (Å²) in [5, 5.41) is 6.15. The second-order valence-corrected chi connectivity index (χ2v) is 6.50. The molecule has 1 saturated heterocycles. The molecule has 0 bridgehead atoms. The Balaban J connectivity index is 0.00000264. The molecule has 1 heterocycles. The zero-order chi connectivity index (χ0) is 16.1. The molecule has 23 heavy (non-hydrogen) atoms. The molecule has 7 heteroatoms. The standard InChI is InChI=1S/C16H22BrN3O2.ClH/c1-11-12(2)20(10-9-18-11)15(21)7-8-19-16(22)13-3-5-14(17)6-4-13;/h3-6,11-12,18H,7-10H2,1-2H3,(H,19,22);1H. The van der Waals surface area contributed by atoms with E-state index < -0.39 is 0 Å². The van der Waals surface area contributed by atoms with Crippen LogP contribution in [0.25, 0.3) is 0 Å². The number of amides is 2. The van der Waals surface area contributed by atoms with Gasteiger partial charge in [-0.2, -0.15) is 0 Å². The van der Waals surface area contributed by atoms with Crippen LogP contribution in [0.4, 0.5) is 0 Å². The SMILES string of the molecule is CC1NCCN(C(=O)CCNC(=O)c2ccc(Br)cc2)C1C.Cl. The highest BCUT2D eigenvalue weighted by Gasteiger charge is 2.27. The van der Waals surface area contributed by atoms with Crippen LogP contribution in [0.15, 0.2) is 28.7 Å². The Kier molecular flexibility index (Phi) is 8.02. The van der Waals surface area contributed by atoms with Gasteiger partial charge in [0.1, 0.15) is 0 Å². The Bertz CT molecular complexity index is 539. The molecule has 2 N–H and O–H groups in total. The zero-order valence-electron chi connectivity index (χ0n) is 13.3. The van der Waals surface area contributed by atoms with Crippen molar-refractivity contribution in [2.75, 3.05) is 19.6 Å². The van der Waals surface area contributed by atoms with Gasteiger partial charge >= 0.3 is 0 Å². The highest BCUT2D eigenvalue weighted by atomic mass is 79.9. The van der Waals surface area contributed by atoms with Gasteiger partial charge in [0.05, 0.1) is 0 Å². The lowest BCUT2D eigenvalue weighted by molar-refractivity contribution is -0.134. The van der Waals surface area contributed by atoms with Crippen molar-refractivity contribution in [3.05, 3.63) is 34.3 Å². The molecular formula is C16H23BrClN3O2. The lowest BCUT2D eigenvalue weighted by atomic mass is 10.1. The first kappa shape index (κ1) is 19.9. The van der Waals surface area contributed by atoms with Gasteiger partial charge in [-0.15, -0.1) is 12.4 Å². The van der Waals surface area contributed by atoms with E-state index in [0.29, 0.717) is 24.6 Å². The third-order valence-electron chi connectivity index (χ3n) is 4.09. The number of nitrogens with one attached hydrogen (secondary N) is 2. The summed E-state index contributed by atoms with van der Waals surface area (Å²) < 4.78 is 0.932. The van der Waals surface area contributed by atoms with E-state index in [1.165, 1.54) is 0 Å². The molecule has 0 radical (unpaired) electrons. The van der Waals surface area contributed by atoms with Crippen LogP contribution in [-0.2, 0) is 4.79 Å². The number of carbonyl (C=O) groups is 2. The van der Waals surface area contributed by atoms with Crippen LogP contribution in [0.1, 0.15) is 30.6 Å². The summed E-state index contributed by atoms with van der Waals surface area (Å²) in [6.07, 6.45) is 0.333. The predicted octanol–water partition coefficient (Wildman–Crippen LogP) is 2.20. The average molecular weight is 405 g/mol. The number of carbonyl (C=O) groups excluding carboxylic acids is 2. The molecule has 0 spiro atoms. The molecule has 2 atom stereocenters. The number of piperazine rings is 1. The summed E-state index contributed by atoms with van der Waals surface area (Å²) in [5.74, 6) is -0.0565. The molecule has 5 nitrogen and oxygen atoms in total. The van der Waals surface area contributed by atoms with Crippen molar-refractivity contribution in [3.8, 4) is 0 Å². The summed E-state index contributed by atoms with van der Waals surface area (Å²) in [6, 6.07) is 7.63. The third kappa shape index (κ3) is 5.48. The second kappa shape index (κ2) is 9.25. The fourth-order valence-corrected chi connectivity index (χ4v) is 2.80. The van der Waals surface area contributed by atoms with Crippen LogP contribution in [0.5, 0.6) is 0 Å². The smallest absolute Gasteiger partial charge is 0.251 e. The van der Waals surface area contributed by atoms with Crippen molar-refractivity contribution >= 4 is 40.2 Å². The zero-order valence-corrected chi connectivity index (χ0v) is 15.7. The van der Waals surface area contributed by atoms with Crippen molar-refractivity contribution < 1.29 is 9.59 Å². The summed E-state index contributed by atoms with van der Waals surface area (Å²) in [6.45, 7) is 6.04. The van der Waals surface area contributed by atoms with E-state index in [1.807, 2.05) is 17.0 Å². The van der Waals surface area contributed by atoms with Crippen LogP contribution in [0, 0.1) is 0 Å². The minimum atomic E-state index is -0.151. The van der Waals surface area contributed by atoms with E-state index in [4.69, 9.17) is 0 Å². The van der Waals surface area contributed by atoms with Crippen molar-refractivity contribution in [1.29, 1.82) is 0 Å². The molecule has 0 saturated carbocycles. The fourth-order valence-electron chi connectivity index (χ4n) is 2.54. The molecule has 1 aliphatic heterocycles. The van der Waals surface area contributed by atoms with Crippen LogP contribution in [0.2, 0.25) is 0 Å². The van der Waals surface area contributed by atoms with E-state index >= 15 is 0 Å². The maximum atomic E-state index is 12.3.